The SMILES string of the molecule is N[C@H]1CCN(C(=O)C2C3CC4CC(C3)CC2C4)C1. The molecule has 3 nitrogen and oxygen atoms in total. The molecule has 5 aliphatic rings. The largest absolute Gasteiger partial charge is 0.341 e. The summed E-state index contributed by atoms with van der Waals surface area (Å²) in [5.41, 5.74) is 5.94. The lowest BCUT2D eigenvalue weighted by Gasteiger charge is -2.54. The van der Waals surface area contributed by atoms with Gasteiger partial charge in [-0.2, -0.15) is 0 Å². The Morgan fingerprint density at radius 1 is 1.00 bits per heavy atom. The Labute approximate surface area is 109 Å². The third kappa shape index (κ3) is 1.63. The Hall–Kier alpha value is -0.570. The van der Waals surface area contributed by atoms with E-state index in [-0.39, 0.29) is 6.04 Å². The van der Waals surface area contributed by atoms with Gasteiger partial charge in [-0.05, 0) is 62.2 Å². The van der Waals surface area contributed by atoms with Crippen molar-refractivity contribution in [2.45, 2.75) is 44.6 Å². The normalized spacial score (nSPS) is 49.9. The maximum absolute atomic E-state index is 12.8. The van der Waals surface area contributed by atoms with Crippen molar-refractivity contribution in [3.63, 3.8) is 0 Å². The highest BCUT2D eigenvalue weighted by Crippen LogP contribution is 2.56. The molecule has 5 rings (SSSR count). The van der Waals surface area contributed by atoms with Crippen molar-refractivity contribution in [1.82, 2.24) is 4.90 Å². The summed E-state index contributed by atoms with van der Waals surface area (Å²) >= 11 is 0. The molecule has 1 saturated heterocycles. The Balaban J connectivity index is 1.52. The van der Waals surface area contributed by atoms with Crippen molar-refractivity contribution in [2.24, 2.45) is 35.3 Å². The van der Waals surface area contributed by atoms with Crippen LogP contribution in [0.1, 0.15) is 38.5 Å². The summed E-state index contributed by atoms with van der Waals surface area (Å²) in [6.07, 6.45) is 7.81. The average molecular weight is 248 g/mol. The van der Waals surface area contributed by atoms with E-state index in [9.17, 15) is 4.79 Å². The molecule has 0 aromatic rings. The van der Waals surface area contributed by atoms with E-state index in [1.807, 2.05) is 0 Å². The number of nitrogens with zero attached hydrogens (tertiary/aromatic N) is 1. The fraction of sp³-hybridized carbons (Fsp3) is 0.933. The van der Waals surface area contributed by atoms with Gasteiger partial charge in [0, 0.05) is 25.0 Å². The zero-order valence-corrected chi connectivity index (χ0v) is 11.1. The summed E-state index contributed by atoms with van der Waals surface area (Å²) < 4.78 is 0. The molecule has 0 aromatic heterocycles. The van der Waals surface area contributed by atoms with Crippen LogP contribution in [0.15, 0.2) is 0 Å². The predicted octanol–water partition coefficient (Wildman–Crippen LogP) is 1.62. The number of likely N-dealkylation sites (tertiary alicyclic amines) is 1. The lowest BCUT2D eigenvalue weighted by atomic mass is 9.51. The van der Waals surface area contributed by atoms with Gasteiger partial charge in [0.05, 0.1) is 0 Å². The zero-order chi connectivity index (χ0) is 12.3. The zero-order valence-electron chi connectivity index (χ0n) is 11.1. The van der Waals surface area contributed by atoms with Crippen LogP contribution in [-0.4, -0.2) is 29.9 Å². The molecule has 4 saturated carbocycles. The smallest absolute Gasteiger partial charge is 0.226 e. The number of carbonyl (C=O) groups is 1. The molecule has 1 amide bonds. The maximum atomic E-state index is 12.8. The van der Waals surface area contributed by atoms with E-state index < -0.39 is 0 Å². The van der Waals surface area contributed by atoms with Crippen molar-refractivity contribution in [2.75, 3.05) is 13.1 Å². The second-order valence-electron chi connectivity index (χ2n) is 7.29. The van der Waals surface area contributed by atoms with Crippen molar-refractivity contribution in [3.05, 3.63) is 0 Å². The van der Waals surface area contributed by atoms with Gasteiger partial charge in [-0.3, -0.25) is 4.79 Å². The second kappa shape index (κ2) is 3.96. The van der Waals surface area contributed by atoms with Crippen LogP contribution in [0.2, 0.25) is 0 Å². The Kier molecular flexibility index (Phi) is 2.48. The van der Waals surface area contributed by atoms with Gasteiger partial charge in [-0.25, -0.2) is 0 Å². The molecular weight excluding hydrogens is 224 g/mol. The first-order chi connectivity index (χ1) is 8.70. The molecule has 0 radical (unpaired) electrons. The van der Waals surface area contributed by atoms with E-state index in [0.717, 1.165) is 31.3 Å². The van der Waals surface area contributed by atoms with Crippen LogP contribution in [0.25, 0.3) is 0 Å². The highest BCUT2D eigenvalue weighted by molar-refractivity contribution is 5.80. The Morgan fingerprint density at radius 2 is 1.61 bits per heavy atom. The molecule has 18 heavy (non-hydrogen) atoms. The highest BCUT2D eigenvalue weighted by atomic mass is 16.2. The van der Waals surface area contributed by atoms with Gasteiger partial charge in [0.2, 0.25) is 5.91 Å². The first-order valence-electron chi connectivity index (χ1n) is 7.75. The fourth-order valence-electron chi connectivity index (χ4n) is 5.53. The highest BCUT2D eigenvalue weighted by Gasteiger charge is 2.51. The van der Waals surface area contributed by atoms with Crippen molar-refractivity contribution >= 4 is 5.91 Å². The monoisotopic (exact) mass is 248 g/mol. The van der Waals surface area contributed by atoms with E-state index >= 15 is 0 Å². The molecule has 1 atom stereocenters. The minimum atomic E-state index is 0.228. The molecule has 0 aromatic carbocycles. The average Bonchev–Trinajstić information content (AvgIpc) is 2.74. The van der Waals surface area contributed by atoms with Gasteiger partial charge in [0.25, 0.3) is 0 Å². The predicted molar refractivity (Wildman–Crippen MR) is 69.7 cm³/mol. The van der Waals surface area contributed by atoms with Crippen LogP contribution < -0.4 is 5.73 Å². The van der Waals surface area contributed by atoms with Gasteiger partial charge >= 0.3 is 0 Å². The summed E-state index contributed by atoms with van der Waals surface area (Å²) in [5, 5.41) is 0. The molecule has 5 fully saturated rings. The van der Waals surface area contributed by atoms with E-state index in [0.29, 0.717) is 23.7 Å². The molecule has 4 bridgehead atoms. The topological polar surface area (TPSA) is 46.3 Å². The summed E-state index contributed by atoms with van der Waals surface area (Å²) in [6.45, 7) is 1.71. The summed E-state index contributed by atoms with van der Waals surface area (Å²) in [4.78, 5) is 14.8. The second-order valence-corrected chi connectivity index (χ2v) is 7.29. The molecule has 3 heteroatoms. The minimum absolute atomic E-state index is 0.228. The summed E-state index contributed by atoms with van der Waals surface area (Å²) in [5.74, 6) is 4.16. The van der Waals surface area contributed by atoms with E-state index in [2.05, 4.69) is 4.90 Å². The number of carbonyl (C=O) groups excluding carboxylic acids is 1. The minimum Gasteiger partial charge on any atom is -0.341 e. The number of nitrogens with two attached hydrogens (primary N) is 1. The maximum Gasteiger partial charge on any atom is 0.226 e. The van der Waals surface area contributed by atoms with Crippen molar-refractivity contribution < 1.29 is 4.79 Å². The quantitative estimate of drug-likeness (QED) is 0.766. The van der Waals surface area contributed by atoms with Crippen molar-refractivity contribution in [3.8, 4) is 0 Å². The Bertz CT molecular complexity index is 340. The van der Waals surface area contributed by atoms with Gasteiger partial charge in [-0.15, -0.1) is 0 Å². The fourth-order valence-corrected chi connectivity index (χ4v) is 5.53. The van der Waals surface area contributed by atoms with Crippen LogP contribution >= 0.6 is 0 Å². The molecule has 1 aliphatic heterocycles. The molecular formula is C15H24N2O. The lowest BCUT2D eigenvalue weighted by molar-refractivity contribution is -0.148. The van der Waals surface area contributed by atoms with Crippen LogP contribution in [0.5, 0.6) is 0 Å². The number of hydrogen-bond donors (Lipinski definition) is 1. The third-order valence-electron chi connectivity index (χ3n) is 6.05. The first kappa shape index (κ1) is 11.3. The van der Waals surface area contributed by atoms with E-state index in [1.165, 1.54) is 32.1 Å². The van der Waals surface area contributed by atoms with Crippen LogP contribution in [0.3, 0.4) is 0 Å². The molecule has 2 N–H and O–H groups in total. The lowest BCUT2D eigenvalue weighted by Crippen LogP contribution is -2.51. The van der Waals surface area contributed by atoms with Crippen molar-refractivity contribution in [1.29, 1.82) is 0 Å². The molecule has 100 valence electrons. The summed E-state index contributed by atoms with van der Waals surface area (Å²) in [7, 11) is 0. The number of amides is 1. The van der Waals surface area contributed by atoms with E-state index in [1.54, 1.807) is 0 Å². The standard InChI is InChI=1S/C15H24N2O/c16-13-1-2-17(8-13)15(18)14-11-4-9-3-10(6-11)7-12(14)5-9/h9-14H,1-8,16H2/t9?,10?,11?,12?,13-,14?/m0/s1. The molecule has 4 aliphatic carbocycles. The van der Waals surface area contributed by atoms with Crippen LogP contribution in [0, 0.1) is 29.6 Å². The molecule has 0 spiro atoms. The van der Waals surface area contributed by atoms with Crippen LogP contribution in [0.4, 0.5) is 0 Å². The Morgan fingerprint density at radius 3 is 2.11 bits per heavy atom. The first-order valence-corrected chi connectivity index (χ1v) is 7.75. The van der Waals surface area contributed by atoms with Gasteiger partial charge in [0.15, 0.2) is 0 Å². The number of rotatable bonds is 1. The molecule has 1 heterocycles. The van der Waals surface area contributed by atoms with Gasteiger partial charge in [0.1, 0.15) is 0 Å². The van der Waals surface area contributed by atoms with Crippen LogP contribution in [-0.2, 0) is 4.79 Å². The third-order valence-corrected chi connectivity index (χ3v) is 6.05. The van der Waals surface area contributed by atoms with Gasteiger partial charge in [-0.1, -0.05) is 0 Å². The van der Waals surface area contributed by atoms with Gasteiger partial charge < -0.3 is 10.6 Å². The molecule has 0 unspecified atom stereocenters. The number of hydrogen-bond acceptors (Lipinski definition) is 2. The summed E-state index contributed by atoms with van der Waals surface area (Å²) in [6, 6.07) is 0.228. The van der Waals surface area contributed by atoms with E-state index in [4.69, 9.17) is 5.73 Å².